The minimum absolute atomic E-state index is 0.0347. The zero-order valence-electron chi connectivity index (χ0n) is 25.8. The predicted octanol–water partition coefficient (Wildman–Crippen LogP) is 3.76. The molecular formula is C32H42N4O7. The number of nitrogens with one attached hydrogen (secondary N) is 2. The molecule has 2 aliphatic rings. The molecule has 2 aromatic carbocycles. The molecule has 0 aliphatic carbocycles. The lowest BCUT2D eigenvalue weighted by Crippen LogP contribution is -2.58. The highest BCUT2D eigenvalue weighted by molar-refractivity contribution is 5.98. The third-order valence-corrected chi connectivity index (χ3v) is 6.87. The normalized spacial score (nSPS) is 17.1. The monoisotopic (exact) mass is 594 g/mol. The number of benzene rings is 2. The molecule has 2 aromatic rings. The van der Waals surface area contributed by atoms with Crippen molar-refractivity contribution >= 4 is 35.3 Å². The van der Waals surface area contributed by atoms with E-state index >= 15 is 0 Å². The van der Waals surface area contributed by atoms with E-state index in [1.54, 1.807) is 70.7 Å². The summed E-state index contributed by atoms with van der Waals surface area (Å²) in [6, 6.07) is 13.1. The molecule has 43 heavy (non-hydrogen) atoms. The quantitative estimate of drug-likeness (QED) is 0.443. The van der Waals surface area contributed by atoms with Gasteiger partial charge in [0.2, 0.25) is 11.8 Å². The van der Waals surface area contributed by atoms with Crippen molar-refractivity contribution in [2.45, 2.75) is 71.2 Å². The Balaban J connectivity index is 1.42. The Kier molecular flexibility index (Phi) is 9.76. The molecule has 0 bridgehead atoms. The van der Waals surface area contributed by atoms with Crippen molar-refractivity contribution in [2.75, 3.05) is 43.1 Å². The highest BCUT2D eigenvalue weighted by Gasteiger charge is 2.33. The molecule has 2 heterocycles. The topological polar surface area (TPSA) is 127 Å². The predicted molar refractivity (Wildman–Crippen MR) is 162 cm³/mol. The van der Waals surface area contributed by atoms with Gasteiger partial charge in [0.1, 0.15) is 17.2 Å². The van der Waals surface area contributed by atoms with Gasteiger partial charge >= 0.3 is 12.1 Å². The van der Waals surface area contributed by atoms with Gasteiger partial charge in [0.15, 0.2) is 0 Å². The van der Waals surface area contributed by atoms with Crippen LogP contribution in [0.4, 0.5) is 16.2 Å². The molecule has 0 spiro atoms. The summed E-state index contributed by atoms with van der Waals surface area (Å²) in [6.07, 6.45) is -0.532. The second-order valence-electron chi connectivity index (χ2n) is 12.8. The largest absolute Gasteiger partial charge is 0.456 e. The molecular weight excluding hydrogens is 552 g/mol. The van der Waals surface area contributed by atoms with Crippen molar-refractivity contribution in [3.8, 4) is 0 Å². The van der Waals surface area contributed by atoms with E-state index < -0.39 is 35.2 Å². The minimum atomic E-state index is -0.957. The van der Waals surface area contributed by atoms with Crippen LogP contribution in [0.3, 0.4) is 0 Å². The summed E-state index contributed by atoms with van der Waals surface area (Å²) in [5.41, 5.74) is 1.01. The van der Waals surface area contributed by atoms with Gasteiger partial charge in [-0.25, -0.2) is 9.59 Å². The number of piperazine rings is 1. The standard InChI is InChI=1S/C32H42N4O7/c1-31(2,3)42-29(39)22-9-11-23(12-10-22)33-28(38)26(34-30(40)43-32(4,5)6)17-21-7-13-24(14-8-21)36-16-15-35(18-27(36)37)25-19-41-20-25/h7-14,25-26H,15-20H2,1-6H3,(H,33,38)(H,34,40)/t26-/m0/s1. The van der Waals surface area contributed by atoms with Gasteiger partial charge in [-0.3, -0.25) is 14.5 Å². The summed E-state index contributed by atoms with van der Waals surface area (Å²) in [6.45, 7) is 13.7. The smallest absolute Gasteiger partial charge is 0.408 e. The van der Waals surface area contributed by atoms with E-state index in [4.69, 9.17) is 14.2 Å². The third-order valence-electron chi connectivity index (χ3n) is 6.87. The minimum Gasteiger partial charge on any atom is -0.456 e. The Morgan fingerprint density at radius 3 is 2.07 bits per heavy atom. The molecule has 1 atom stereocenters. The Morgan fingerprint density at radius 2 is 1.53 bits per heavy atom. The fraction of sp³-hybridized carbons (Fsp3) is 0.500. The number of esters is 1. The Bertz CT molecular complexity index is 1310. The van der Waals surface area contributed by atoms with Crippen LogP contribution < -0.4 is 15.5 Å². The highest BCUT2D eigenvalue weighted by Crippen LogP contribution is 2.22. The van der Waals surface area contributed by atoms with Crippen molar-refractivity contribution in [3.05, 3.63) is 59.7 Å². The maximum Gasteiger partial charge on any atom is 0.408 e. The fourth-order valence-electron chi connectivity index (χ4n) is 4.67. The first kappa shape index (κ1) is 32.0. The van der Waals surface area contributed by atoms with Crippen LogP contribution in [0.1, 0.15) is 57.5 Å². The molecule has 2 saturated heterocycles. The molecule has 11 heteroatoms. The number of carbonyl (C=O) groups excluding carboxylic acids is 4. The molecule has 2 N–H and O–H groups in total. The van der Waals surface area contributed by atoms with Crippen LogP contribution in [-0.2, 0) is 30.2 Å². The van der Waals surface area contributed by atoms with Gasteiger partial charge in [0.25, 0.3) is 0 Å². The van der Waals surface area contributed by atoms with Crippen molar-refractivity contribution < 1.29 is 33.4 Å². The molecule has 232 valence electrons. The second kappa shape index (κ2) is 13.1. The lowest BCUT2D eigenvalue weighted by Gasteiger charge is -2.42. The van der Waals surface area contributed by atoms with E-state index in [9.17, 15) is 19.2 Å². The van der Waals surface area contributed by atoms with E-state index in [1.165, 1.54) is 0 Å². The number of amides is 3. The van der Waals surface area contributed by atoms with E-state index in [-0.39, 0.29) is 12.3 Å². The van der Waals surface area contributed by atoms with Gasteiger partial charge in [-0.1, -0.05) is 12.1 Å². The van der Waals surface area contributed by atoms with Crippen LogP contribution in [0.15, 0.2) is 48.5 Å². The van der Waals surface area contributed by atoms with Crippen LogP contribution in [0.25, 0.3) is 0 Å². The fourth-order valence-corrected chi connectivity index (χ4v) is 4.67. The van der Waals surface area contributed by atoms with E-state index in [0.717, 1.165) is 17.8 Å². The van der Waals surface area contributed by atoms with Gasteiger partial charge in [0, 0.05) is 30.9 Å². The number of hydrogen-bond donors (Lipinski definition) is 2. The number of ether oxygens (including phenoxy) is 3. The first-order valence-electron chi connectivity index (χ1n) is 14.5. The molecule has 0 aromatic heterocycles. The summed E-state index contributed by atoms with van der Waals surface area (Å²) in [5.74, 6) is -0.881. The Labute approximate surface area is 252 Å². The molecule has 11 nitrogen and oxygen atoms in total. The lowest BCUT2D eigenvalue weighted by molar-refractivity contribution is -0.127. The van der Waals surface area contributed by atoms with E-state index in [0.29, 0.717) is 43.6 Å². The maximum atomic E-state index is 13.4. The van der Waals surface area contributed by atoms with Crippen LogP contribution in [0.5, 0.6) is 0 Å². The molecule has 2 aliphatic heterocycles. The zero-order chi connectivity index (χ0) is 31.4. The van der Waals surface area contributed by atoms with Gasteiger partial charge in [-0.05, 0) is 83.5 Å². The Morgan fingerprint density at radius 1 is 0.907 bits per heavy atom. The molecule has 3 amide bonds. The van der Waals surface area contributed by atoms with Crippen molar-refractivity contribution in [1.29, 1.82) is 0 Å². The lowest BCUT2D eigenvalue weighted by atomic mass is 10.0. The Hall–Kier alpha value is -3.96. The van der Waals surface area contributed by atoms with Gasteiger partial charge in [-0.15, -0.1) is 0 Å². The van der Waals surface area contributed by atoms with Crippen LogP contribution in [0.2, 0.25) is 0 Å². The van der Waals surface area contributed by atoms with Crippen molar-refractivity contribution in [3.63, 3.8) is 0 Å². The van der Waals surface area contributed by atoms with Gasteiger partial charge in [-0.2, -0.15) is 0 Å². The number of carbonyl (C=O) groups is 4. The van der Waals surface area contributed by atoms with Crippen molar-refractivity contribution in [1.82, 2.24) is 10.2 Å². The second-order valence-corrected chi connectivity index (χ2v) is 12.8. The summed E-state index contributed by atoms with van der Waals surface area (Å²) < 4.78 is 16.0. The average Bonchev–Trinajstić information content (AvgIpc) is 2.86. The number of hydrogen-bond acceptors (Lipinski definition) is 8. The van der Waals surface area contributed by atoms with E-state index in [1.807, 2.05) is 24.3 Å². The summed E-state index contributed by atoms with van der Waals surface area (Å²) in [7, 11) is 0. The SMILES string of the molecule is CC(C)(C)OC(=O)N[C@@H](Cc1ccc(N2CCN(C3COC3)CC2=O)cc1)C(=O)Nc1ccc(C(=O)OC(C)(C)C)cc1. The van der Waals surface area contributed by atoms with Crippen molar-refractivity contribution in [2.24, 2.45) is 0 Å². The molecule has 2 fully saturated rings. The molecule has 4 rings (SSSR count). The number of anilines is 2. The van der Waals surface area contributed by atoms with Gasteiger partial charge in [0.05, 0.1) is 31.4 Å². The van der Waals surface area contributed by atoms with Crippen LogP contribution >= 0.6 is 0 Å². The molecule has 0 unspecified atom stereocenters. The molecule has 0 radical (unpaired) electrons. The first-order valence-corrected chi connectivity index (χ1v) is 14.5. The third kappa shape index (κ3) is 9.26. The summed E-state index contributed by atoms with van der Waals surface area (Å²) in [4.78, 5) is 55.1. The molecule has 0 saturated carbocycles. The summed E-state index contributed by atoms with van der Waals surface area (Å²) in [5, 5.41) is 5.49. The number of nitrogens with zero attached hydrogens (tertiary/aromatic N) is 2. The number of rotatable bonds is 8. The zero-order valence-corrected chi connectivity index (χ0v) is 25.8. The number of alkyl carbamates (subject to hydrolysis) is 1. The summed E-state index contributed by atoms with van der Waals surface area (Å²) >= 11 is 0. The van der Waals surface area contributed by atoms with Crippen LogP contribution in [-0.4, -0.2) is 84.9 Å². The average molecular weight is 595 g/mol. The van der Waals surface area contributed by atoms with Crippen LogP contribution in [0, 0.1) is 0 Å². The maximum absolute atomic E-state index is 13.4. The first-order chi connectivity index (χ1) is 20.2. The van der Waals surface area contributed by atoms with Gasteiger partial charge < -0.3 is 29.7 Å². The van der Waals surface area contributed by atoms with E-state index in [2.05, 4.69) is 15.5 Å². The highest BCUT2D eigenvalue weighted by atomic mass is 16.6.